The van der Waals surface area contributed by atoms with Gasteiger partial charge in [-0.1, -0.05) is 48.2 Å². The van der Waals surface area contributed by atoms with Crippen molar-refractivity contribution in [2.24, 2.45) is 9.98 Å². The Kier molecular flexibility index (Phi) is 8.11. The fourth-order valence-electron chi connectivity index (χ4n) is 4.35. The number of hydrogen-bond acceptors (Lipinski definition) is 8. The molecule has 3 amide bonds. The average Bonchev–Trinajstić information content (AvgIpc) is 3.30. The van der Waals surface area contributed by atoms with Crippen molar-refractivity contribution in [3.63, 3.8) is 0 Å². The molecular weight excluding hydrogens is 530 g/mol. The lowest BCUT2D eigenvalue weighted by Crippen LogP contribution is -2.42. The van der Waals surface area contributed by atoms with Crippen LogP contribution in [0.2, 0.25) is 0 Å². The zero-order chi connectivity index (χ0) is 28.1. The Bertz CT molecular complexity index is 1520. The van der Waals surface area contributed by atoms with Gasteiger partial charge in [-0.25, -0.2) is 9.89 Å². The minimum absolute atomic E-state index is 0.0132. The molecule has 204 valence electrons. The summed E-state index contributed by atoms with van der Waals surface area (Å²) in [5.74, 6) is 0.787. The van der Waals surface area contributed by atoms with Gasteiger partial charge in [-0.05, 0) is 30.3 Å². The number of carbonyl (C=O) groups is 3. The zero-order valence-electron chi connectivity index (χ0n) is 21.9. The fourth-order valence-corrected chi connectivity index (χ4v) is 5.15. The molecule has 1 atom stereocenters. The highest BCUT2D eigenvalue weighted by Crippen LogP contribution is 2.34. The maximum atomic E-state index is 13.5. The molecule has 0 aromatic heterocycles. The van der Waals surface area contributed by atoms with Gasteiger partial charge in [0.2, 0.25) is 11.8 Å². The summed E-state index contributed by atoms with van der Waals surface area (Å²) in [6, 6.07) is 20.9. The smallest absolute Gasteiger partial charge is 0.259 e. The number of carbonyl (C=O) groups excluding carboxylic acids is 3. The first-order valence-electron chi connectivity index (χ1n) is 12.5. The molecule has 3 aromatic carbocycles. The second-order valence-electron chi connectivity index (χ2n) is 8.92. The van der Waals surface area contributed by atoms with Crippen LogP contribution in [-0.2, 0) is 20.9 Å². The molecule has 10 nitrogen and oxygen atoms in total. The standard InChI is InChI=1S/C29H27N5O5S/c1-38-20-10-7-9-19(14-20)31-26(36)17-40-29-33-22-12-5-4-11-21(22)27-32-23(28(37)34(27)29)15-25(35)30-16-18-8-3-6-13-24(18)39-2/h3-14,23H,15-17H2,1-2H3,(H,30,35)(H,31,36)/t23-/m1/s1. The second-order valence-corrected chi connectivity index (χ2v) is 9.86. The van der Waals surface area contributed by atoms with Gasteiger partial charge in [0.15, 0.2) is 5.17 Å². The van der Waals surface area contributed by atoms with Crippen LogP contribution >= 0.6 is 11.8 Å². The van der Waals surface area contributed by atoms with Gasteiger partial charge in [0.05, 0.1) is 32.1 Å². The maximum Gasteiger partial charge on any atom is 0.259 e. The van der Waals surface area contributed by atoms with Crippen LogP contribution in [0.4, 0.5) is 11.4 Å². The molecule has 0 saturated heterocycles. The van der Waals surface area contributed by atoms with E-state index in [1.165, 1.54) is 4.90 Å². The highest BCUT2D eigenvalue weighted by atomic mass is 32.2. The molecule has 0 spiro atoms. The number of aliphatic imine (C=N–C) groups is 2. The van der Waals surface area contributed by atoms with Gasteiger partial charge < -0.3 is 20.1 Å². The van der Waals surface area contributed by atoms with E-state index in [0.29, 0.717) is 39.4 Å². The maximum absolute atomic E-state index is 13.5. The van der Waals surface area contributed by atoms with E-state index >= 15 is 0 Å². The monoisotopic (exact) mass is 557 g/mol. The van der Waals surface area contributed by atoms with E-state index < -0.39 is 6.04 Å². The molecular formula is C29H27N5O5S. The number of thioether (sulfide) groups is 1. The van der Waals surface area contributed by atoms with Crippen molar-refractivity contribution < 1.29 is 23.9 Å². The molecule has 0 fully saturated rings. The lowest BCUT2D eigenvalue weighted by atomic mass is 10.1. The van der Waals surface area contributed by atoms with E-state index in [-0.39, 0.29) is 36.4 Å². The van der Waals surface area contributed by atoms with Crippen molar-refractivity contribution in [2.75, 3.05) is 25.3 Å². The van der Waals surface area contributed by atoms with Crippen LogP contribution in [0.5, 0.6) is 11.5 Å². The number of ether oxygens (including phenoxy) is 2. The van der Waals surface area contributed by atoms with Gasteiger partial charge in [0.25, 0.3) is 5.91 Å². The molecule has 2 heterocycles. The van der Waals surface area contributed by atoms with Gasteiger partial charge in [-0.15, -0.1) is 0 Å². The molecule has 40 heavy (non-hydrogen) atoms. The van der Waals surface area contributed by atoms with Gasteiger partial charge in [-0.2, -0.15) is 0 Å². The third-order valence-corrected chi connectivity index (χ3v) is 7.22. The minimum Gasteiger partial charge on any atom is -0.497 e. The summed E-state index contributed by atoms with van der Waals surface area (Å²) in [7, 11) is 3.13. The highest BCUT2D eigenvalue weighted by molar-refractivity contribution is 8.14. The lowest BCUT2D eigenvalue weighted by molar-refractivity contribution is -0.128. The number of hydrogen-bond donors (Lipinski definition) is 2. The molecule has 11 heteroatoms. The van der Waals surface area contributed by atoms with E-state index in [2.05, 4.69) is 20.6 Å². The Hall–Kier alpha value is -4.64. The first-order valence-corrected chi connectivity index (χ1v) is 13.5. The number of nitrogens with one attached hydrogen (secondary N) is 2. The Morgan fingerprint density at radius 1 is 0.975 bits per heavy atom. The molecule has 0 bridgehead atoms. The summed E-state index contributed by atoms with van der Waals surface area (Å²) in [6.45, 7) is 0.262. The summed E-state index contributed by atoms with van der Waals surface area (Å²) in [5, 5.41) is 6.01. The summed E-state index contributed by atoms with van der Waals surface area (Å²) in [6.07, 6.45) is -0.121. The van der Waals surface area contributed by atoms with Gasteiger partial charge in [0, 0.05) is 29.4 Å². The molecule has 0 aliphatic carbocycles. The first-order chi connectivity index (χ1) is 19.5. The summed E-state index contributed by atoms with van der Waals surface area (Å²) in [5.41, 5.74) is 2.76. The minimum atomic E-state index is -0.907. The fraction of sp³-hybridized carbons (Fsp3) is 0.207. The predicted molar refractivity (Wildman–Crippen MR) is 154 cm³/mol. The molecule has 2 N–H and O–H groups in total. The number of anilines is 1. The third kappa shape index (κ3) is 5.84. The number of methoxy groups -OCH3 is 2. The average molecular weight is 558 g/mol. The third-order valence-electron chi connectivity index (χ3n) is 6.28. The molecule has 5 rings (SSSR count). The van der Waals surface area contributed by atoms with Gasteiger partial charge >= 0.3 is 0 Å². The number of fused-ring (bicyclic) bond motifs is 3. The van der Waals surface area contributed by atoms with E-state index in [9.17, 15) is 14.4 Å². The summed E-state index contributed by atoms with van der Waals surface area (Å²) < 4.78 is 10.5. The van der Waals surface area contributed by atoms with Gasteiger partial charge in [-0.3, -0.25) is 19.4 Å². The van der Waals surface area contributed by atoms with E-state index in [0.717, 1.165) is 17.3 Å². The topological polar surface area (TPSA) is 122 Å². The van der Waals surface area contributed by atoms with Crippen LogP contribution in [0.1, 0.15) is 17.5 Å². The Morgan fingerprint density at radius 3 is 2.60 bits per heavy atom. The quantitative estimate of drug-likeness (QED) is 0.414. The van der Waals surface area contributed by atoms with Crippen LogP contribution in [0, 0.1) is 0 Å². The van der Waals surface area contributed by atoms with Crippen LogP contribution in [0.3, 0.4) is 0 Å². The van der Waals surface area contributed by atoms with Crippen LogP contribution < -0.4 is 20.1 Å². The van der Waals surface area contributed by atoms with Gasteiger partial charge in [0.1, 0.15) is 23.4 Å². The van der Waals surface area contributed by atoms with Crippen molar-refractivity contribution >= 4 is 51.9 Å². The summed E-state index contributed by atoms with van der Waals surface area (Å²) >= 11 is 1.13. The van der Waals surface area contributed by atoms with Crippen molar-refractivity contribution in [2.45, 2.75) is 19.0 Å². The molecule has 2 aliphatic heterocycles. The number of amidine groups is 2. The number of nitrogens with zero attached hydrogens (tertiary/aromatic N) is 3. The number of rotatable bonds is 9. The van der Waals surface area contributed by atoms with E-state index in [1.54, 1.807) is 38.5 Å². The largest absolute Gasteiger partial charge is 0.497 e. The van der Waals surface area contributed by atoms with Crippen LogP contribution in [-0.4, -0.2) is 59.6 Å². The van der Waals surface area contributed by atoms with Crippen LogP contribution in [0.15, 0.2) is 82.8 Å². The number of benzene rings is 3. The second kappa shape index (κ2) is 12.0. The number of para-hydroxylation sites is 2. The zero-order valence-corrected chi connectivity index (χ0v) is 22.7. The Balaban J connectivity index is 1.27. The molecule has 0 saturated carbocycles. The van der Waals surface area contributed by atoms with E-state index in [1.807, 2.05) is 48.5 Å². The van der Waals surface area contributed by atoms with Crippen molar-refractivity contribution in [3.8, 4) is 11.5 Å². The SMILES string of the molecule is COc1cccc(NC(=O)CSC2=Nc3ccccc3C3=N[C@H](CC(=O)NCc4ccccc4OC)C(=O)N23)c1. The van der Waals surface area contributed by atoms with Crippen molar-refractivity contribution in [1.29, 1.82) is 0 Å². The van der Waals surface area contributed by atoms with Crippen molar-refractivity contribution in [3.05, 3.63) is 83.9 Å². The molecule has 3 aromatic rings. The van der Waals surface area contributed by atoms with E-state index in [4.69, 9.17) is 9.47 Å². The number of amides is 3. The normalized spacial score (nSPS) is 15.4. The lowest BCUT2D eigenvalue weighted by Gasteiger charge is -2.25. The Labute approximate surface area is 235 Å². The Morgan fingerprint density at radius 2 is 1.77 bits per heavy atom. The van der Waals surface area contributed by atoms with Crippen molar-refractivity contribution in [1.82, 2.24) is 10.2 Å². The summed E-state index contributed by atoms with van der Waals surface area (Å²) in [4.78, 5) is 49.6. The van der Waals surface area contributed by atoms with Crippen LogP contribution in [0.25, 0.3) is 0 Å². The molecule has 0 radical (unpaired) electrons. The predicted octanol–water partition coefficient (Wildman–Crippen LogP) is 3.74. The highest BCUT2D eigenvalue weighted by Gasteiger charge is 2.42. The first kappa shape index (κ1) is 26.9. The molecule has 0 unspecified atom stereocenters. The molecule has 2 aliphatic rings.